The van der Waals surface area contributed by atoms with Crippen molar-refractivity contribution in [3.8, 4) is 0 Å². The number of nitrogens with two attached hydrogens (primary N) is 1. The molecular formula is C15H28IN7. The second-order valence-electron chi connectivity index (χ2n) is 6.15. The van der Waals surface area contributed by atoms with Crippen molar-refractivity contribution in [2.45, 2.75) is 58.2 Å². The molecule has 1 atom stereocenters. The molecule has 1 unspecified atom stereocenters. The third-order valence-electron chi connectivity index (χ3n) is 4.75. The quantitative estimate of drug-likeness (QED) is 0.413. The first kappa shape index (κ1) is 18.4. The molecule has 3 N–H and O–H groups in total. The van der Waals surface area contributed by atoms with Gasteiger partial charge >= 0.3 is 0 Å². The Morgan fingerprint density at radius 3 is 3.00 bits per heavy atom. The number of aromatic nitrogens is 3. The molecule has 0 aromatic carbocycles. The normalized spacial score (nSPS) is 21.8. The van der Waals surface area contributed by atoms with E-state index in [0.29, 0.717) is 18.5 Å². The lowest BCUT2D eigenvalue weighted by atomic mass is 10.2. The van der Waals surface area contributed by atoms with Crippen LogP contribution in [0.4, 0.5) is 0 Å². The van der Waals surface area contributed by atoms with Gasteiger partial charge in [0.1, 0.15) is 12.4 Å². The molecule has 0 saturated carbocycles. The van der Waals surface area contributed by atoms with Crippen molar-refractivity contribution < 1.29 is 0 Å². The third kappa shape index (κ3) is 4.56. The molecule has 0 aliphatic carbocycles. The minimum absolute atomic E-state index is 0. The Morgan fingerprint density at radius 2 is 2.17 bits per heavy atom. The molecule has 0 spiro atoms. The predicted molar refractivity (Wildman–Crippen MR) is 102 cm³/mol. The molecule has 1 saturated heterocycles. The molecule has 2 aliphatic heterocycles. The molecule has 0 amide bonds. The summed E-state index contributed by atoms with van der Waals surface area (Å²) in [5.74, 6) is 2.53. The summed E-state index contributed by atoms with van der Waals surface area (Å²) in [6, 6.07) is 0.583. The zero-order valence-electron chi connectivity index (χ0n) is 13.9. The molecule has 0 radical (unpaired) electrons. The topological polar surface area (TPSA) is 84.4 Å². The number of likely N-dealkylation sites (tertiary alicyclic amines) is 1. The van der Waals surface area contributed by atoms with Crippen LogP contribution >= 0.6 is 24.0 Å². The van der Waals surface area contributed by atoms with Crippen LogP contribution in [0.2, 0.25) is 0 Å². The van der Waals surface area contributed by atoms with Crippen molar-refractivity contribution >= 4 is 29.9 Å². The zero-order valence-corrected chi connectivity index (χ0v) is 16.2. The Morgan fingerprint density at radius 1 is 1.30 bits per heavy atom. The van der Waals surface area contributed by atoms with E-state index < -0.39 is 0 Å². The number of likely N-dealkylation sites (N-methyl/N-ethyl adjacent to an activating group) is 1. The fourth-order valence-electron chi connectivity index (χ4n) is 3.46. The summed E-state index contributed by atoms with van der Waals surface area (Å²) in [4.78, 5) is 6.92. The molecular weight excluding hydrogens is 405 g/mol. The van der Waals surface area contributed by atoms with Gasteiger partial charge < -0.3 is 15.6 Å². The van der Waals surface area contributed by atoms with Crippen molar-refractivity contribution in [3.63, 3.8) is 0 Å². The van der Waals surface area contributed by atoms with E-state index in [0.717, 1.165) is 37.7 Å². The highest BCUT2D eigenvalue weighted by Gasteiger charge is 2.22. The standard InChI is InChI=1S/C15H27N7.HI/c1-2-21-8-5-6-12(21)10-17-15(16)18-11-14-20-19-13-7-3-4-9-22(13)14;/h12H,2-11H2,1H3,(H3,16,17,18);1H. The van der Waals surface area contributed by atoms with Gasteiger partial charge in [-0.15, -0.1) is 34.2 Å². The molecule has 1 aromatic heterocycles. The molecule has 23 heavy (non-hydrogen) atoms. The number of nitrogens with one attached hydrogen (secondary N) is 1. The van der Waals surface area contributed by atoms with E-state index in [-0.39, 0.29) is 24.0 Å². The summed E-state index contributed by atoms with van der Waals surface area (Å²) in [5.41, 5.74) is 5.99. The maximum absolute atomic E-state index is 5.99. The Balaban J connectivity index is 0.00000192. The monoisotopic (exact) mass is 433 g/mol. The molecule has 2 aliphatic rings. The highest BCUT2D eigenvalue weighted by atomic mass is 127. The van der Waals surface area contributed by atoms with Gasteiger partial charge in [0.25, 0.3) is 0 Å². The van der Waals surface area contributed by atoms with Crippen molar-refractivity contribution in [1.29, 1.82) is 0 Å². The van der Waals surface area contributed by atoms with Gasteiger partial charge in [-0.05, 0) is 38.8 Å². The summed E-state index contributed by atoms with van der Waals surface area (Å²) >= 11 is 0. The molecule has 3 heterocycles. The number of aliphatic imine (C=N–C) groups is 1. The maximum atomic E-state index is 5.99. The van der Waals surface area contributed by atoms with Crippen LogP contribution in [0.3, 0.4) is 0 Å². The smallest absolute Gasteiger partial charge is 0.189 e. The van der Waals surface area contributed by atoms with Crippen LogP contribution in [-0.2, 0) is 19.5 Å². The lowest BCUT2D eigenvalue weighted by Gasteiger charge is -2.23. The highest BCUT2D eigenvalue weighted by molar-refractivity contribution is 14.0. The number of aryl methyl sites for hydroxylation is 1. The first-order valence-electron chi connectivity index (χ1n) is 8.46. The number of hydrogen-bond donors (Lipinski definition) is 2. The third-order valence-corrected chi connectivity index (χ3v) is 4.75. The SMILES string of the molecule is CCN1CCCC1CNC(N)=NCc1nnc2n1CCCC2.I. The number of guanidine groups is 1. The number of fused-ring (bicyclic) bond motifs is 1. The number of nitrogens with zero attached hydrogens (tertiary/aromatic N) is 5. The second kappa shape index (κ2) is 8.81. The fourth-order valence-corrected chi connectivity index (χ4v) is 3.46. The average Bonchev–Trinajstić information content (AvgIpc) is 3.17. The average molecular weight is 433 g/mol. The number of halogens is 1. The van der Waals surface area contributed by atoms with Crippen molar-refractivity contribution in [2.24, 2.45) is 10.7 Å². The largest absolute Gasteiger partial charge is 0.370 e. The summed E-state index contributed by atoms with van der Waals surface area (Å²) in [7, 11) is 0. The van der Waals surface area contributed by atoms with Gasteiger partial charge in [-0.2, -0.15) is 0 Å². The van der Waals surface area contributed by atoms with Crippen molar-refractivity contribution in [1.82, 2.24) is 25.0 Å². The van der Waals surface area contributed by atoms with Gasteiger partial charge in [0.15, 0.2) is 11.8 Å². The Kier molecular flexibility index (Phi) is 7.07. The molecule has 0 bridgehead atoms. The lowest BCUT2D eigenvalue weighted by Crippen LogP contribution is -2.42. The van der Waals surface area contributed by atoms with Gasteiger partial charge in [-0.1, -0.05) is 6.92 Å². The number of hydrogen-bond acceptors (Lipinski definition) is 4. The first-order chi connectivity index (χ1) is 10.8. The van der Waals surface area contributed by atoms with Crippen LogP contribution in [0.25, 0.3) is 0 Å². The van der Waals surface area contributed by atoms with E-state index in [4.69, 9.17) is 5.73 Å². The fraction of sp³-hybridized carbons (Fsp3) is 0.800. The minimum Gasteiger partial charge on any atom is -0.370 e. The lowest BCUT2D eigenvalue weighted by molar-refractivity contribution is 0.267. The van der Waals surface area contributed by atoms with Gasteiger partial charge in [0.2, 0.25) is 0 Å². The van der Waals surface area contributed by atoms with E-state index in [1.54, 1.807) is 0 Å². The summed E-state index contributed by atoms with van der Waals surface area (Å²) < 4.78 is 2.19. The maximum Gasteiger partial charge on any atom is 0.189 e. The minimum atomic E-state index is 0. The van der Waals surface area contributed by atoms with E-state index >= 15 is 0 Å². The Hall–Kier alpha value is -0.900. The zero-order chi connectivity index (χ0) is 15.4. The van der Waals surface area contributed by atoms with Crippen molar-refractivity contribution in [2.75, 3.05) is 19.6 Å². The van der Waals surface area contributed by atoms with E-state index in [1.165, 1.54) is 32.2 Å². The van der Waals surface area contributed by atoms with Gasteiger partial charge in [0.05, 0.1) is 0 Å². The molecule has 1 fully saturated rings. The van der Waals surface area contributed by atoms with E-state index in [1.807, 2.05) is 0 Å². The van der Waals surface area contributed by atoms with E-state index in [9.17, 15) is 0 Å². The molecule has 1 aromatic rings. The summed E-state index contributed by atoms with van der Waals surface area (Å²) in [5, 5.41) is 11.7. The molecule has 130 valence electrons. The van der Waals surface area contributed by atoms with Crippen LogP contribution < -0.4 is 11.1 Å². The molecule has 3 rings (SSSR count). The van der Waals surface area contributed by atoms with Gasteiger partial charge in [-0.3, -0.25) is 4.90 Å². The van der Waals surface area contributed by atoms with Crippen LogP contribution in [0.1, 0.15) is 44.3 Å². The first-order valence-corrected chi connectivity index (χ1v) is 8.46. The highest BCUT2D eigenvalue weighted by Crippen LogP contribution is 2.16. The molecule has 8 heteroatoms. The Bertz CT molecular complexity index is 528. The van der Waals surface area contributed by atoms with E-state index in [2.05, 4.69) is 36.9 Å². The van der Waals surface area contributed by atoms with Crippen LogP contribution in [0, 0.1) is 0 Å². The van der Waals surface area contributed by atoms with Crippen molar-refractivity contribution in [3.05, 3.63) is 11.6 Å². The van der Waals surface area contributed by atoms with Gasteiger partial charge in [0, 0.05) is 25.6 Å². The summed E-state index contributed by atoms with van der Waals surface area (Å²) in [6.07, 6.45) is 5.96. The van der Waals surface area contributed by atoms with Crippen LogP contribution in [-0.4, -0.2) is 51.3 Å². The second-order valence-corrected chi connectivity index (χ2v) is 6.15. The Labute approximate surface area is 155 Å². The van der Waals surface area contributed by atoms with Crippen LogP contribution in [0.5, 0.6) is 0 Å². The predicted octanol–water partition coefficient (Wildman–Crippen LogP) is 1.12. The van der Waals surface area contributed by atoms with Crippen LogP contribution in [0.15, 0.2) is 4.99 Å². The molecule has 7 nitrogen and oxygen atoms in total. The number of rotatable bonds is 5. The van der Waals surface area contributed by atoms with Gasteiger partial charge in [-0.25, -0.2) is 4.99 Å². The summed E-state index contributed by atoms with van der Waals surface area (Å²) in [6.45, 7) is 6.91.